The first-order valence-electron chi connectivity index (χ1n) is 18.5. The van der Waals surface area contributed by atoms with Gasteiger partial charge >= 0.3 is 11.9 Å². The number of esters is 1. The first kappa shape index (κ1) is 43.3. The maximum absolute atomic E-state index is 12.6. The number of ether oxygens (including phenoxy) is 1. The average Bonchev–Trinajstić information content (AvgIpc) is 3.03. The number of nitrogens with two attached hydrogens (primary N) is 1. The molecule has 0 aromatic rings. The number of rotatable bonds is 32. The van der Waals surface area contributed by atoms with Crippen molar-refractivity contribution in [2.45, 2.75) is 174 Å². The second kappa shape index (κ2) is 33.7. The van der Waals surface area contributed by atoms with E-state index in [4.69, 9.17) is 10.5 Å². The summed E-state index contributed by atoms with van der Waals surface area (Å²) >= 11 is 0. The monoisotopic (exact) mass is 645 g/mol. The predicted molar refractivity (Wildman–Crippen MR) is 193 cm³/mol. The first-order chi connectivity index (χ1) is 22.4. The van der Waals surface area contributed by atoms with Crippen molar-refractivity contribution in [3.63, 3.8) is 0 Å². The number of nitrogens with one attached hydrogen (secondary N) is 1. The van der Waals surface area contributed by atoms with Crippen molar-refractivity contribution < 1.29 is 24.2 Å². The fourth-order valence-electron chi connectivity index (χ4n) is 5.07. The molecular weight excluding hydrogens is 576 g/mol. The number of amides is 1. The van der Waals surface area contributed by atoms with E-state index in [-0.39, 0.29) is 18.0 Å². The van der Waals surface area contributed by atoms with Crippen LogP contribution in [0.5, 0.6) is 0 Å². The minimum Gasteiger partial charge on any atom is -0.480 e. The van der Waals surface area contributed by atoms with Crippen LogP contribution in [0.15, 0.2) is 48.6 Å². The summed E-state index contributed by atoms with van der Waals surface area (Å²) in [6.45, 7) is 4.76. The molecule has 0 heterocycles. The Morgan fingerprint density at radius 2 is 1.26 bits per heavy atom. The molecule has 7 heteroatoms. The molecule has 2 atom stereocenters. The van der Waals surface area contributed by atoms with Gasteiger partial charge in [-0.1, -0.05) is 114 Å². The number of hydrogen-bond acceptors (Lipinski definition) is 5. The van der Waals surface area contributed by atoms with Gasteiger partial charge in [0, 0.05) is 12.8 Å². The van der Waals surface area contributed by atoms with Crippen LogP contribution >= 0.6 is 0 Å². The Bertz CT molecular complexity index is 864. The van der Waals surface area contributed by atoms with Crippen LogP contribution < -0.4 is 11.1 Å². The molecule has 0 bridgehead atoms. The van der Waals surface area contributed by atoms with Gasteiger partial charge in [-0.3, -0.25) is 9.59 Å². The Labute approximate surface area is 281 Å². The summed E-state index contributed by atoms with van der Waals surface area (Å²) in [7, 11) is 0. The molecule has 0 spiro atoms. The Morgan fingerprint density at radius 1 is 0.674 bits per heavy atom. The fourth-order valence-corrected chi connectivity index (χ4v) is 5.07. The second-order valence-corrected chi connectivity index (χ2v) is 12.2. The maximum Gasteiger partial charge on any atom is 0.326 e. The van der Waals surface area contributed by atoms with Gasteiger partial charge in [-0.05, 0) is 89.7 Å². The minimum atomic E-state index is -1.01. The van der Waals surface area contributed by atoms with Gasteiger partial charge in [0.1, 0.15) is 12.1 Å². The second-order valence-electron chi connectivity index (χ2n) is 12.2. The molecule has 0 aliphatic carbocycles. The smallest absolute Gasteiger partial charge is 0.326 e. The molecule has 46 heavy (non-hydrogen) atoms. The van der Waals surface area contributed by atoms with E-state index >= 15 is 0 Å². The van der Waals surface area contributed by atoms with Crippen LogP contribution in [0.25, 0.3) is 0 Å². The van der Waals surface area contributed by atoms with Crippen LogP contribution in [0.4, 0.5) is 0 Å². The average molecular weight is 645 g/mol. The van der Waals surface area contributed by atoms with Crippen LogP contribution in [0.3, 0.4) is 0 Å². The van der Waals surface area contributed by atoms with E-state index in [0.717, 1.165) is 83.5 Å². The summed E-state index contributed by atoms with van der Waals surface area (Å²) < 4.78 is 5.88. The van der Waals surface area contributed by atoms with Crippen molar-refractivity contribution in [3.8, 4) is 0 Å². The molecule has 1 amide bonds. The molecular formula is C39H68N2O5. The number of allylic oxidation sites excluding steroid dienone is 7. The first-order valence-corrected chi connectivity index (χ1v) is 18.5. The number of carboxylic acid groups (broad SMARTS) is 1. The van der Waals surface area contributed by atoms with E-state index in [2.05, 4.69) is 67.8 Å². The quantitative estimate of drug-likeness (QED) is 0.0381. The third-order valence-electron chi connectivity index (χ3n) is 7.86. The zero-order chi connectivity index (χ0) is 33.9. The summed E-state index contributed by atoms with van der Waals surface area (Å²) in [5.41, 5.74) is 5.46. The number of carbonyl (C=O) groups is 3. The van der Waals surface area contributed by atoms with Gasteiger partial charge < -0.3 is 20.9 Å². The van der Waals surface area contributed by atoms with Crippen LogP contribution in [0.1, 0.15) is 162 Å². The molecule has 4 N–H and O–H groups in total. The van der Waals surface area contributed by atoms with Crippen LogP contribution in [0, 0.1) is 0 Å². The summed E-state index contributed by atoms with van der Waals surface area (Å²) in [6, 6.07) is -0.858. The number of hydrogen-bond donors (Lipinski definition) is 3. The Hall–Kier alpha value is -2.67. The van der Waals surface area contributed by atoms with Gasteiger partial charge in [0.15, 0.2) is 0 Å². The summed E-state index contributed by atoms with van der Waals surface area (Å²) in [4.78, 5) is 36.0. The molecule has 0 aliphatic rings. The lowest BCUT2D eigenvalue weighted by molar-refractivity contribution is -0.147. The number of aliphatic carboxylic acids is 1. The minimum absolute atomic E-state index is 0.0970. The number of carbonyl (C=O) groups excluding carboxylic acids is 2. The fraction of sp³-hybridized carbons (Fsp3) is 0.718. The van der Waals surface area contributed by atoms with Gasteiger partial charge in [0.2, 0.25) is 5.91 Å². The molecule has 0 radical (unpaired) electrons. The molecule has 0 rings (SSSR count). The predicted octanol–water partition coefficient (Wildman–Crippen LogP) is 9.66. The highest BCUT2D eigenvalue weighted by atomic mass is 16.5. The van der Waals surface area contributed by atoms with E-state index in [1.54, 1.807) is 0 Å². The third-order valence-corrected chi connectivity index (χ3v) is 7.86. The van der Waals surface area contributed by atoms with Gasteiger partial charge in [-0.2, -0.15) is 0 Å². The van der Waals surface area contributed by atoms with Gasteiger partial charge in [0.05, 0.1) is 0 Å². The molecule has 2 unspecified atom stereocenters. The van der Waals surface area contributed by atoms with E-state index < -0.39 is 12.0 Å². The Morgan fingerprint density at radius 3 is 1.91 bits per heavy atom. The van der Waals surface area contributed by atoms with Gasteiger partial charge in [-0.25, -0.2) is 4.79 Å². The topological polar surface area (TPSA) is 119 Å². The lowest BCUT2D eigenvalue weighted by Crippen LogP contribution is -2.40. The highest BCUT2D eigenvalue weighted by Crippen LogP contribution is 2.15. The summed E-state index contributed by atoms with van der Waals surface area (Å²) in [6.07, 6.45) is 38.9. The van der Waals surface area contributed by atoms with Crippen molar-refractivity contribution in [1.82, 2.24) is 5.32 Å². The molecule has 0 aromatic carbocycles. The van der Waals surface area contributed by atoms with Crippen molar-refractivity contribution in [1.29, 1.82) is 0 Å². The van der Waals surface area contributed by atoms with E-state index in [9.17, 15) is 19.5 Å². The summed E-state index contributed by atoms with van der Waals surface area (Å²) in [5.74, 6) is -1.32. The number of unbranched alkanes of at least 4 members (excludes halogenated alkanes) is 12. The highest BCUT2D eigenvalue weighted by Gasteiger charge is 2.18. The van der Waals surface area contributed by atoms with Crippen LogP contribution in [-0.2, 0) is 19.1 Å². The lowest BCUT2D eigenvalue weighted by atomic mass is 10.0. The van der Waals surface area contributed by atoms with Gasteiger partial charge in [-0.15, -0.1) is 0 Å². The molecule has 0 aromatic heterocycles. The molecule has 0 saturated carbocycles. The van der Waals surface area contributed by atoms with Crippen molar-refractivity contribution in [2.24, 2.45) is 5.73 Å². The highest BCUT2D eigenvalue weighted by molar-refractivity contribution is 5.83. The molecule has 264 valence electrons. The zero-order valence-corrected chi connectivity index (χ0v) is 29.4. The SMILES string of the molecule is CC/C=C\C/C=C\C/C=C\C(CCCCCCCCC(=O)NC(CCCN)C(=O)O)OC(=O)CCCCCCC/C=C\CCCC. The van der Waals surface area contributed by atoms with E-state index in [0.29, 0.717) is 32.2 Å². The van der Waals surface area contributed by atoms with Gasteiger partial charge in [0.25, 0.3) is 0 Å². The Kier molecular flexibility index (Phi) is 31.7. The third kappa shape index (κ3) is 30.0. The standard InChI is InChI=1S/C39H68N2O5/c1-3-5-7-9-11-13-14-15-17-23-27-33-38(43)46-35(29-24-20-16-12-10-8-6-4-2)30-25-21-18-19-22-26-32-37(42)41-36(39(44)45)31-28-34-40/h6,8-9,11-12,16,24,29,35-36H,3-5,7,10,13-15,17-23,25-28,30-34,40H2,1-2H3,(H,41,42)(H,44,45)/b8-6-,11-9-,16-12-,29-24-. The molecule has 7 nitrogen and oxygen atoms in total. The summed E-state index contributed by atoms with van der Waals surface area (Å²) in [5, 5.41) is 11.9. The normalized spacial score (nSPS) is 13.3. The van der Waals surface area contributed by atoms with Crippen molar-refractivity contribution in [2.75, 3.05) is 6.54 Å². The Balaban J connectivity index is 4.36. The van der Waals surface area contributed by atoms with Crippen molar-refractivity contribution >= 4 is 17.8 Å². The number of carboxylic acids is 1. The molecule has 0 aliphatic heterocycles. The van der Waals surface area contributed by atoms with E-state index in [1.165, 1.54) is 38.5 Å². The van der Waals surface area contributed by atoms with Crippen molar-refractivity contribution in [3.05, 3.63) is 48.6 Å². The largest absolute Gasteiger partial charge is 0.480 e. The lowest BCUT2D eigenvalue weighted by Gasteiger charge is -2.15. The maximum atomic E-state index is 12.6. The zero-order valence-electron chi connectivity index (χ0n) is 29.4. The molecule has 0 saturated heterocycles. The molecule has 0 fully saturated rings. The van der Waals surface area contributed by atoms with Crippen LogP contribution in [0.2, 0.25) is 0 Å². The van der Waals surface area contributed by atoms with E-state index in [1.807, 2.05) is 0 Å². The van der Waals surface area contributed by atoms with Crippen LogP contribution in [-0.4, -0.2) is 41.6 Å².